The van der Waals surface area contributed by atoms with Gasteiger partial charge in [0.1, 0.15) is 4.77 Å². The molecule has 1 saturated heterocycles. The molecule has 17 heavy (non-hydrogen) atoms. The first-order valence-corrected chi connectivity index (χ1v) is 7.50. The van der Waals surface area contributed by atoms with Crippen molar-refractivity contribution in [1.82, 2.24) is 10.2 Å². The highest BCUT2D eigenvalue weighted by atomic mass is 27.0. The Morgan fingerprint density at radius 3 is 2.53 bits per heavy atom. The zero-order valence-corrected chi connectivity index (χ0v) is 13.1. The summed E-state index contributed by atoms with van der Waals surface area (Å²) in [5.74, 6) is 2.30. The van der Waals surface area contributed by atoms with Gasteiger partial charge in [0.15, 0.2) is 0 Å². The van der Waals surface area contributed by atoms with Crippen molar-refractivity contribution in [3.05, 3.63) is 0 Å². The predicted molar refractivity (Wildman–Crippen MR) is 69.7 cm³/mol. The number of nitrogens with one attached hydrogen (secondary N) is 1. The average molecular weight is 254 g/mol. The molecule has 4 nitrogen and oxygen atoms in total. The number of likely N-dealkylation sites (tertiary alicyclic amines) is 1. The minimum atomic E-state index is 0.00944. The third-order valence-electron chi connectivity index (χ3n) is 4.11. The topological polar surface area (TPSA) is 52.6 Å². The standard InChI is InChI=1S/C12H21N2O2.Al.2H/c1-12(2,7-15)6-14-4-10-9(3-13-8-16)11(10)5-14;;;/h9-11,15H,3-7H2,1-2H3,(H,13,16);;;/t9?,10-,11?;;;/m1.../s1. The minimum Gasteiger partial charge on any atom is -0.396 e. The van der Waals surface area contributed by atoms with Gasteiger partial charge in [0, 0.05) is 38.2 Å². The summed E-state index contributed by atoms with van der Waals surface area (Å²) in [7, 11) is 0. The molecule has 1 heterocycles. The Labute approximate surface area is 111 Å². The average Bonchev–Trinajstić information content (AvgIpc) is 2.69. The van der Waals surface area contributed by atoms with Crippen LogP contribution in [0.3, 0.4) is 0 Å². The van der Waals surface area contributed by atoms with Gasteiger partial charge in [-0.1, -0.05) is 13.8 Å². The van der Waals surface area contributed by atoms with Gasteiger partial charge in [-0.25, -0.2) is 0 Å². The van der Waals surface area contributed by atoms with Gasteiger partial charge in [0.2, 0.25) is 0 Å². The molecule has 96 valence electrons. The van der Waals surface area contributed by atoms with Crippen LogP contribution in [-0.4, -0.2) is 63.9 Å². The fraction of sp³-hybridized carbons (Fsp3) is 0.917. The second-order valence-electron chi connectivity index (χ2n) is 6.45. The fourth-order valence-corrected chi connectivity index (χ4v) is 3.29. The molecule has 2 rings (SSSR count). The smallest absolute Gasteiger partial charge is 0.354 e. The SMILES string of the molecule is CC(C)(CO)CN1CC2C(CN[C](=O)[AlH2])[C@H]2C1. The van der Waals surface area contributed by atoms with Crippen molar-refractivity contribution >= 4 is 21.1 Å². The van der Waals surface area contributed by atoms with E-state index in [-0.39, 0.29) is 16.8 Å². The van der Waals surface area contributed by atoms with Gasteiger partial charge in [0.05, 0.1) is 0 Å². The van der Waals surface area contributed by atoms with Gasteiger partial charge in [-0.15, -0.1) is 0 Å². The molecule has 0 aromatic carbocycles. The van der Waals surface area contributed by atoms with Crippen LogP contribution >= 0.6 is 0 Å². The lowest BCUT2D eigenvalue weighted by Crippen LogP contribution is -2.37. The molecule has 3 atom stereocenters. The van der Waals surface area contributed by atoms with E-state index in [1.165, 1.54) is 0 Å². The van der Waals surface area contributed by atoms with Crippen LogP contribution in [0.2, 0.25) is 0 Å². The molecule has 0 spiro atoms. The molecule has 2 unspecified atom stereocenters. The number of aliphatic hydroxyl groups excluding tert-OH is 1. The Morgan fingerprint density at radius 1 is 1.47 bits per heavy atom. The molecule has 1 aliphatic carbocycles. The second kappa shape index (κ2) is 4.89. The van der Waals surface area contributed by atoms with Crippen molar-refractivity contribution in [3.8, 4) is 0 Å². The predicted octanol–water partition coefficient (Wildman–Crippen LogP) is -0.475. The van der Waals surface area contributed by atoms with Crippen molar-refractivity contribution in [2.45, 2.75) is 13.8 Å². The van der Waals surface area contributed by atoms with E-state index in [0.29, 0.717) is 16.3 Å². The van der Waals surface area contributed by atoms with E-state index in [1.54, 1.807) is 0 Å². The lowest BCUT2D eigenvalue weighted by Gasteiger charge is -2.29. The Balaban J connectivity index is 1.70. The summed E-state index contributed by atoms with van der Waals surface area (Å²) in [6, 6.07) is 0. The number of rotatable bonds is 5. The molecule has 2 N–H and O–H groups in total. The largest absolute Gasteiger partial charge is 0.396 e. The van der Waals surface area contributed by atoms with E-state index >= 15 is 0 Å². The maximum atomic E-state index is 10.9. The molecule has 1 aliphatic heterocycles. The number of nitrogens with zero attached hydrogens (tertiary/aromatic N) is 1. The number of piperidine rings is 1. The van der Waals surface area contributed by atoms with E-state index in [4.69, 9.17) is 0 Å². The molecule has 2 fully saturated rings. The third kappa shape index (κ3) is 3.23. The highest BCUT2D eigenvalue weighted by Gasteiger charge is 2.55. The van der Waals surface area contributed by atoms with E-state index in [0.717, 1.165) is 43.9 Å². The van der Waals surface area contributed by atoms with Crippen LogP contribution in [0.15, 0.2) is 0 Å². The first kappa shape index (κ1) is 13.4. The number of carbonyl (C=O) groups excluding carboxylic acids is 1. The molecule has 0 radical (unpaired) electrons. The van der Waals surface area contributed by atoms with Crippen LogP contribution in [0.5, 0.6) is 0 Å². The number of hydrogen-bond donors (Lipinski definition) is 2. The van der Waals surface area contributed by atoms with Crippen LogP contribution in [-0.2, 0) is 0 Å². The lowest BCUT2D eigenvalue weighted by atomic mass is 9.94. The highest BCUT2D eigenvalue weighted by molar-refractivity contribution is 6.57. The van der Waals surface area contributed by atoms with Crippen molar-refractivity contribution < 1.29 is 9.90 Å². The summed E-state index contributed by atoms with van der Waals surface area (Å²) in [4.78, 5) is 13.4. The molecule has 0 aromatic rings. The van der Waals surface area contributed by atoms with Crippen LogP contribution in [0, 0.1) is 23.2 Å². The summed E-state index contributed by atoms with van der Waals surface area (Å²) < 4.78 is 0.216. The summed E-state index contributed by atoms with van der Waals surface area (Å²) in [5.41, 5.74) is 0.00944. The van der Waals surface area contributed by atoms with Crippen LogP contribution in [0.1, 0.15) is 13.8 Å². The minimum absolute atomic E-state index is 0.00944. The molecule has 2 aliphatic rings. The Morgan fingerprint density at radius 2 is 2.06 bits per heavy atom. The van der Waals surface area contributed by atoms with Crippen molar-refractivity contribution in [1.29, 1.82) is 0 Å². The van der Waals surface area contributed by atoms with Crippen LogP contribution in [0.4, 0.5) is 4.79 Å². The fourth-order valence-electron chi connectivity index (χ4n) is 3.09. The van der Waals surface area contributed by atoms with Gasteiger partial charge in [-0.3, -0.25) is 4.79 Å². The zero-order valence-electron chi connectivity index (χ0n) is 11.1. The van der Waals surface area contributed by atoms with Crippen molar-refractivity contribution in [2.24, 2.45) is 23.2 Å². The molecule has 1 saturated carbocycles. The number of hydrogen-bond acceptors (Lipinski definition) is 3. The Kier molecular flexibility index (Phi) is 3.84. The van der Waals surface area contributed by atoms with Gasteiger partial charge in [0.25, 0.3) is 0 Å². The maximum Gasteiger partial charge on any atom is 0.354 e. The maximum absolute atomic E-state index is 10.9. The molecule has 5 heteroatoms. The van der Waals surface area contributed by atoms with Gasteiger partial charge in [-0.2, -0.15) is 0 Å². The highest BCUT2D eigenvalue weighted by Crippen LogP contribution is 2.51. The zero-order chi connectivity index (χ0) is 12.6. The van der Waals surface area contributed by atoms with Gasteiger partial charge in [-0.05, 0) is 17.8 Å². The quantitative estimate of drug-likeness (QED) is 0.652. The van der Waals surface area contributed by atoms with Gasteiger partial charge >= 0.3 is 16.3 Å². The van der Waals surface area contributed by atoms with E-state index < -0.39 is 0 Å². The summed E-state index contributed by atoms with van der Waals surface area (Å²) in [5, 5.41) is 12.2. The molecular formula is C12H23AlN2O2. The number of fused-ring (bicyclic) bond motifs is 1. The molecule has 1 amide bonds. The second-order valence-corrected chi connectivity index (χ2v) is 7.35. The number of carbonyl (C=O) groups is 1. The van der Waals surface area contributed by atoms with E-state index in [1.807, 2.05) is 0 Å². The first-order chi connectivity index (χ1) is 7.93. The van der Waals surface area contributed by atoms with Crippen molar-refractivity contribution in [3.63, 3.8) is 0 Å². The summed E-state index contributed by atoms with van der Waals surface area (Å²) >= 11 is 0.610. The molecule has 0 bridgehead atoms. The molecule has 0 aromatic heterocycles. The van der Waals surface area contributed by atoms with E-state index in [2.05, 4.69) is 24.1 Å². The van der Waals surface area contributed by atoms with Crippen LogP contribution in [0.25, 0.3) is 0 Å². The number of aliphatic hydroxyl groups is 1. The third-order valence-corrected chi connectivity index (χ3v) is 4.47. The Hall–Kier alpha value is -0.0775. The lowest BCUT2D eigenvalue weighted by molar-refractivity contribution is 0.106. The molecular weight excluding hydrogens is 231 g/mol. The summed E-state index contributed by atoms with van der Waals surface area (Å²) in [6.07, 6.45) is 0. The summed E-state index contributed by atoms with van der Waals surface area (Å²) in [6.45, 7) is 8.63. The Bertz CT molecular complexity index is 297. The van der Waals surface area contributed by atoms with E-state index in [9.17, 15) is 9.90 Å². The van der Waals surface area contributed by atoms with Gasteiger partial charge < -0.3 is 15.3 Å². The number of amides is 1. The van der Waals surface area contributed by atoms with Crippen LogP contribution < -0.4 is 5.32 Å². The monoisotopic (exact) mass is 254 g/mol. The first-order valence-electron chi connectivity index (χ1n) is 6.50. The normalized spacial score (nSPS) is 32.3. The van der Waals surface area contributed by atoms with Crippen molar-refractivity contribution in [2.75, 3.05) is 32.8 Å².